The summed E-state index contributed by atoms with van der Waals surface area (Å²) in [7, 11) is 0. The summed E-state index contributed by atoms with van der Waals surface area (Å²) in [6, 6.07) is 3.05. The van der Waals surface area contributed by atoms with E-state index in [-0.39, 0.29) is 30.3 Å². The highest BCUT2D eigenvalue weighted by Gasteiger charge is 2.42. The Morgan fingerprint density at radius 2 is 2.20 bits per heavy atom. The first-order valence-electron chi connectivity index (χ1n) is 8.77. The van der Waals surface area contributed by atoms with Crippen LogP contribution in [0.25, 0.3) is 0 Å². The van der Waals surface area contributed by atoms with Crippen LogP contribution >= 0.6 is 0 Å². The van der Waals surface area contributed by atoms with Crippen molar-refractivity contribution in [2.24, 2.45) is 5.92 Å². The smallest absolute Gasteiger partial charge is 0.329 e. The van der Waals surface area contributed by atoms with Crippen LogP contribution in [0.2, 0.25) is 0 Å². The zero-order valence-corrected chi connectivity index (χ0v) is 14.6. The largest absolute Gasteiger partial charge is 0.467 e. The fraction of sp³-hybridized carbons (Fsp3) is 0.611. The molecule has 2 saturated heterocycles. The summed E-state index contributed by atoms with van der Waals surface area (Å²) in [5.74, 6) is -0.248. The van der Waals surface area contributed by atoms with Crippen molar-refractivity contribution in [3.63, 3.8) is 0 Å². The Labute approximate surface area is 146 Å². The molecule has 7 heteroatoms. The van der Waals surface area contributed by atoms with Crippen molar-refractivity contribution >= 4 is 17.8 Å². The Kier molecular flexibility index (Phi) is 5.11. The summed E-state index contributed by atoms with van der Waals surface area (Å²) in [5, 5.41) is 0. The van der Waals surface area contributed by atoms with Crippen molar-refractivity contribution in [3.8, 4) is 0 Å². The third-order valence-electron chi connectivity index (χ3n) is 4.65. The van der Waals surface area contributed by atoms with Gasteiger partial charge in [0.1, 0.15) is 11.8 Å². The van der Waals surface area contributed by atoms with Gasteiger partial charge in [-0.25, -0.2) is 4.79 Å². The molecule has 2 fully saturated rings. The van der Waals surface area contributed by atoms with Gasteiger partial charge in [0, 0.05) is 19.5 Å². The molecule has 2 atom stereocenters. The Bertz CT molecular complexity index is 640. The van der Waals surface area contributed by atoms with Gasteiger partial charge in [-0.2, -0.15) is 0 Å². The van der Waals surface area contributed by atoms with Crippen LogP contribution in [0.5, 0.6) is 0 Å². The van der Waals surface area contributed by atoms with Gasteiger partial charge in [-0.1, -0.05) is 0 Å². The summed E-state index contributed by atoms with van der Waals surface area (Å²) in [6.07, 6.45) is 2.94. The third kappa shape index (κ3) is 3.86. The van der Waals surface area contributed by atoms with E-state index in [1.807, 2.05) is 0 Å². The van der Waals surface area contributed by atoms with Crippen LogP contribution in [-0.2, 0) is 25.7 Å². The molecular formula is C18H24N2O5. The van der Waals surface area contributed by atoms with Crippen LogP contribution in [0.1, 0.15) is 38.9 Å². The van der Waals surface area contributed by atoms with Crippen LogP contribution in [-0.4, -0.2) is 52.8 Å². The molecular weight excluding hydrogens is 324 g/mol. The Morgan fingerprint density at radius 1 is 1.40 bits per heavy atom. The molecule has 1 aromatic rings. The topological polar surface area (TPSA) is 80.1 Å². The maximum atomic E-state index is 12.9. The number of carbonyl (C=O) groups is 3. The van der Waals surface area contributed by atoms with Gasteiger partial charge in [0.05, 0.1) is 24.8 Å². The van der Waals surface area contributed by atoms with E-state index in [0.717, 1.165) is 6.42 Å². The number of esters is 1. The SMILES string of the molecule is CC(C)OC(=O)[C@@H]1CCCN1C(=O)[C@@H]1CC(=O)N(Cc2ccco2)C1. The molecule has 0 saturated carbocycles. The number of nitrogens with zero attached hydrogens (tertiary/aromatic N) is 2. The molecule has 25 heavy (non-hydrogen) atoms. The number of ether oxygens (including phenoxy) is 1. The number of hydrogen-bond acceptors (Lipinski definition) is 5. The normalized spacial score (nSPS) is 23.6. The van der Waals surface area contributed by atoms with E-state index in [2.05, 4.69) is 0 Å². The van der Waals surface area contributed by atoms with Crippen molar-refractivity contribution in [3.05, 3.63) is 24.2 Å². The van der Waals surface area contributed by atoms with E-state index in [4.69, 9.17) is 9.15 Å². The summed E-state index contributed by atoms with van der Waals surface area (Å²) < 4.78 is 10.5. The van der Waals surface area contributed by atoms with Crippen LogP contribution in [0.3, 0.4) is 0 Å². The molecule has 136 valence electrons. The van der Waals surface area contributed by atoms with Crippen molar-refractivity contribution in [1.82, 2.24) is 9.80 Å². The van der Waals surface area contributed by atoms with Crippen molar-refractivity contribution < 1.29 is 23.5 Å². The molecule has 0 N–H and O–H groups in total. The molecule has 2 aliphatic heterocycles. The first-order chi connectivity index (χ1) is 12.0. The van der Waals surface area contributed by atoms with Gasteiger partial charge < -0.3 is 19.0 Å². The van der Waals surface area contributed by atoms with Crippen LogP contribution in [0.15, 0.2) is 22.8 Å². The second-order valence-electron chi connectivity index (χ2n) is 6.93. The average Bonchev–Trinajstić information content (AvgIpc) is 3.28. The molecule has 0 spiro atoms. The third-order valence-corrected chi connectivity index (χ3v) is 4.65. The lowest BCUT2D eigenvalue weighted by Gasteiger charge is -2.26. The van der Waals surface area contributed by atoms with Gasteiger partial charge >= 0.3 is 5.97 Å². The van der Waals surface area contributed by atoms with Crippen LogP contribution in [0, 0.1) is 5.92 Å². The van der Waals surface area contributed by atoms with Gasteiger partial charge in [0.25, 0.3) is 0 Å². The van der Waals surface area contributed by atoms with Crippen molar-refractivity contribution in [2.75, 3.05) is 13.1 Å². The predicted molar refractivity (Wildman–Crippen MR) is 88.2 cm³/mol. The number of likely N-dealkylation sites (tertiary alicyclic amines) is 2. The lowest BCUT2D eigenvalue weighted by atomic mass is 10.1. The number of rotatable bonds is 5. The highest BCUT2D eigenvalue weighted by atomic mass is 16.5. The minimum atomic E-state index is -0.524. The molecule has 0 unspecified atom stereocenters. The fourth-order valence-electron chi connectivity index (χ4n) is 3.50. The van der Waals surface area contributed by atoms with Gasteiger partial charge in [-0.15, -0.1) is 0 Å². The standard InChI is InChI=1S/C18H24N2O5/c1-12(2)25-18(23)15-6-3-7-20(15)17(22)13-9-16(21)19(10-13)11-14-5-4-8-24-14/h4-5,8,12-13,15H,3,6-7,9-11H2,1-2H3/t13-,15+/m1/s1. The second kappa shape index (κ2) is 7.29. The monoisotopic (exact) mass is 348 g/mol. The minimum absolute atomic E-state index is 0.0600. The number of carbonyl (C=O) groups excluding carboxylic acids is 3. The zero-order chi connectivity index (χ0) is 18.0. The van der Waals surface area contributed by atoms with E-state index >= 15 is 0 Å². The first-order valence-corrected chi connectivity index (χ1v) is 8.77. The molecule has 2 amide bonds. The number of furan rings is 1. The zero-order valence-electron chi connectivity index (χ0n) is 14.6. The molecule has 0 bridgehead atoms. The number of amides is 2. The Balaban J connectivity index is 1.62. The van der Waals surface area contributed by atoms with E-state index in [0.29, 0.717) is 31.8 Å². The molecule has 2 aliphatic rings. The first kappa shape index (κ1) is 17.5. The van der Waals surface area contributed by atoms with E-state index in [9.17, 15) is 14.4 Å². The predicted octanol–water partition coefficient (Wildman–Crippen LogP) is 1.57. The quantitative estimate of drug-likeness (QED) is 0.755. The fourth-order valence-corrected chi connectivity index (χ4v) is 3.50. The Hall–Kier alpha value is -2.31. The highest BCUT2D eigenvalue weighted by Crippen LogP contribution is 2.27. The minimum Gasteiger partial charge on any atom is -0.467 e. The summed E-state index contributed by atoms with van der Waals surface area (Å²) in [6.45, 7) is 4.86. The molecule has 1 aromatic heterocycles. The molecule has 0 radical (unpaired) electrons. The van der Waals surface area contributed by atoms with Crippen molar-refractivity contribution in [2.45, 2.75) is 51.8 Å². The van der Waals surface area contributed by atoms with Gasteiger partial charge in [0.2, 0.25) is 11.8 Å². The summed E-state index contributed by atoms with van der Waals surface area (Å²) in [5.41, 5.74) is 0. The van der Waals surface area contributed by atoms with Crippen LogP contribution in [0.4, 0.5) is 0 Å². The Morgan fingerprint density at radius 3 is 2.88 bits per heavy atom. The summed E-state index contributed by atoms with van der Waals surface area (Å²) in [4.78, 5) is 40.5. The van der Waals surface area contributed by atoms with E-state index in [1.54, 1.807) is 42.0 Å². The second-order valence-corrected chi connectivity index (χ2v) is 6.93. The maximum Gasteiger partial charge on any atom is 0.329 e. The van der Waals surface area contributed by atoms with Gasteiger partial charge in [0.15, 0.2) is 0 Å². The molecule has 3 rings (SSSR count). The molecule has 7 nitrogen and oxygen atoms in total. The van der Waals surface area contributed by atoms with E-state index in [1.165, 1.54) is 0 Å². The summed E-state index contributed by atoms with van der Waals surface area (Å²) >= 11 is 0. The molecule has 0 aliphatic carbocycles. The van der Waals surface area contributed by atoms with Crippen molar-refractivity contribution in [1.29, 1.82) is 0 Å². The average molecular weight is 348 g/mol. The lowest BCUT2D eigenvalue weighted by Crippen LogP contribution is -2.45. The van der Waals surface area contributed by atoms with Gasteiger partial charge in [-0.05, 0) is 38.8 Å². The number of hydrogen-bond donors (Lipinski definition) is 0. The maximum absolute atomic E-state index is 12.9. The lowest BCUT2D eigenvalue weighted by molar-refractivity contribution is -0.157. The van der Waals surface area contributed by atoms with Crippen LogP contribution < -0.4 is 0 Å². The van der Waals surface area contributed by atoms with Gasteiger partial charge in [-0.3, -0.25) is 9.59 Å². The van der Waals surface area contributed by atoms with E-state index < -0.39 is 12.0 Å². The molecule has 0 aromatic carbocycles. The highest BCUT2D eigenvalue weighted by molar-refractivity contribution is 5.92. The molecule has 3 heterocycles.